The first-order valence-corrected chi connectivity index (χ1v) is 6.40. The molecular formula is C14H15FN2O5. The van der Waals surface area contributed by atoms with E-state index in [9.17, 15) is 24.1 Å². The minimum Gasteiger partial charge on any atom is -0.481 e. The van der Waals surface area contributed by atoms with E-state index in [0.717, 1.165) is 18.2 Å². The van der Waals surface area contributed by atoms with Crippen molar-refractivity contribution in [3.05, 3.63) is 45.8 Å². The van der Waals surface area contributed by atoms with Gasteiger partial charge in [-0.15, -0.1) is 0 Å². The summed E-state index contributed by atoms with van der Waals surface area (Å²) in [6.45, 7) is 0.251. The predicted octanol–water partition coefficient (Wildman–Crippen LogP) is 2.07. The van der Waals surface area contributed by atoms with Crippen LogP contribution in [0.25, 0.3) is 6.08 Å². The normalized spacial score (nSPS) is 10.6. The Morgan fingerprint density at radius 1 is 1.45 bits per heavy atom. The van der Waals surface area contributed by atoms with Crippen LogP contribution in [0.15, 0.2) is 24.3 Å². The second kappa shape index (κ2) is 7.87. The Balaban J connectivity index is 2.73. The van der Waals surface area contributed by atoms with Crippen molar-refractivity contribution in [3.63, 3.8) is 0 Å². The number of halogens is 1. The van der Waals surface area contributed by atoms with E-state index < -0.39 is 28.3 Å². The Morgan fingerprint density at radius 3 is 2.73 bits per heavy atom. The van der Waals surface area contributed by atoms with Crippen molar-refractivity contribution in [2.24, 2.45) is 0 Å². The molecule has 1 rings (SSSR count). The first kappa shape index (κ1) is 17.3. The van der Waals surface area contributed by atoms with E-state index in [1.807, 2.05) is 0 Å². The Morgan fingerprint density at radius 2 is 2.14 bits per heavy atom. The SMILES string of the molecule is CN(CCCC(=O)O)C(=O)C=Cc1ccc(F)cc1[N+](=O)[O-]. The number of carbonyl (C=O) groups is 2. The maximum absolute atomic E-state index is 13.0. The molecule has 0 aliphatic carbocycles. The van der Waals surface area contributed by atoms with E-state index >= 15 is 0 Å². The van der Waals surface area contributed by atoms with Crippen LogP contribution in [0.5, 0.6) is 0 Å². The fourth-order valence-electron chi connectivity index (χ4n) is 1.68. The lowest BCUT2D eigenvalue weighted by molar-refractivity contribution is -0.385. The highest BCUT2D eigenvalue weighted by atomic mass is 19.1. The molecule has 0 atom stereocenters. The van der Waals surface area contributed by atoms with Crippen molar-refractivity contribution in [2.45, 2.75) is 12.8 Å². The first-order chi connectivity index (χ1) is 10.3. The highest BCUT2D eigenvalue weighted by Crippen LogP contribution is 2.21. The zero-order chi connectivity index (χ0) is 16.7. The molecule has 1 N–H and O–H groups in total. The summed E-state index contributed by atoms with van der Waals surface area (Å²) in [5.41, 5.74) is -0.323. The molecular weight excluding hydrogens is 295 g/mol. The average molecular weight is 310 g/mol. The molecule has 0 unspecified atom stereocenters. The van der Waals surface area contributed by atoms with E-state index in [2.05, 4.69) is 0 Å². The molecule has 0 spiro atoms. The lowest BCUT2D eigenvalue weighted by Crippen LogP contribution is -2.26. The van der Waals surface area contributed by atoms with Crippen LogP contribution in [-0.4, -0.2) is 40.4 Å². The Labute approximate surface area is 125 Å². The summed E-state index contributed by atoms with van der Waals surface area (Å²) in [4.78, 5) is 33.5. The first-order valence-electron chi connectivity index (χ1n) is 6.40. The number of hydrogen-bond acceptors (Lipinski definition) is 4. The predicted molar refractivity (Wildman–Crippen MR) is 76.6 cm³/mol. The van der Waals surface area contributed by atoms with Crippen molar-refractivity contribution in [2.75, 3.05) is 13.6 Å². The van der Waals surface area contributed by atoms with Crippen LogP contribution in [0.1, 0.15) is 18.4 Å². The van der Waals surface area contributed by atoms with Crippen molar-refractivity contribution in [1.29, 1.82) is 0 Å². The summed E-state index contributed by atoms with van der Waals surface area (Å²) in [7, 11) is 1.49. The van der Waals surface area contributed by atoms with Gasteiger partial charge < -0.3 is 10.0 Å². The molecule has 1 aromatic rings. The summed E-state index contributed by atoms with van der Waals surface area (Å²) in [5, 5.41) is 19.3. The number of carboxylic acid groups (broad SMARTS) is 1. The molecule has 22 heavy (non-hydrogen) atoms. The Bertz CT molecular complexity index is 615. The summed E-state index contributed by atoms with van der Waals surface area (Å²) in [5.74, 6) is -2.11. The standard InChI is InChI=1S/C14H15FN2O5/c1-16(8-2-3-14(19)20)13(18)7-5-10-4-6-11(15)9-12(10)17(21)22/h4-7,9H,2-3,8H2,1H3,(H,19,20). The number of amides is 1. The molecule has 0 aromatic heterocycles. The minimum absolute atomic E-state index is 0.0508. The summed E-state index contributed by atoms with van der Waals surface area (Å²) in [6.07, 6.45) is 2.61. The number of rotatable bonds is 7. The van der Waals surface area contributed by atoms with Gasteiger partial charge in [0, 0.05) is 26.1 Å². The fourth-order valence-corrected chi connectivity index (χ4v) is 1.68. The third kappa shape index (κ3) is 5.31. The molecule has 0 saturated heterocycles. The number of aliphatic carboxylic acids is 1. The molecule has 1 aromatic carbocycles. The Hall–Kier alpha value is -2.77. The molecule has 7 nitrogen and oxygen atoms in total. The van der Waals surface area contributed by atoms with Gasteiger partial charge in [0.05, 0.1) is 16.6 Å². The quantitative estimate of drug-likeness (QED) is 0.472. The largest absolute Gasteiger partial charge is 0.481 e. The number of carboxylic acids is 1. The molecule has 118 valence electrons. The average Bonchev–Trinajstić information content (AvgIpc) is 2.44. The van der Waals surface area contributed by atoms with Gasteiger partial charge in [-0.25, -0.2) is 4.39 Å². The van der Waals surface area contributed by atoms with E-state index in [0.29, 0.717) is 6.42 Å². The summed E-state index contributed by atoms with van der Waals surface area (Å²) in [6, 6.07) is 3.05. The Kier molecular flexibility index (Phi) is 6.18. The molecule has 8 heteroatoms. The number of nitro benzene ring substituents is 1. The van der Waals surface area contributed by atoms with Crippen LogP contribution >= 0.6 is 0 Å². The molecule has 0 aliphatic heterocycles. The second-order valence-corrected chi connectivity index (χ2v) is 4.55. The van der Waals surface area contributed by atoms with Crippen LogP contribution in [0.3, 0.4) is 0 Å². The molecule has 0 saturated carbocycles. The number of benzene rings is 1. The number of carbonyl (C=O) groups excluding carboxylic acids is 1. The molecule has 0 radical (unpaired) electrons. The van der Waals surface area contributed by atoms with Crippen molar-refractivity contribution >= 4 is 23.6 Å². The van der Waals surface area contributed by atoms with Crippen molar-refractivity contribution in [1.82, 2.24) is 4.90 Å². The van der Waals surface area contributed by atoms with Crippen molar-refractivity contribution in [3.8, 4) is 0 Å². The fraction of sp³-hybridized carbons (Fsp3) is 0.286. The lowest BCUT2D eigenvalue weighted by Gasteiger charge is -2.13. The number of hydrogen-bond donors (Lipinski definition) is 1. The van der Waals surface area contributed by atoms with E-state index in [1.165, 1.54) is 24.1 Å². The van der Waals surface area contributed by atoms with Crippen LogP contribution in [0.4, 0.5) is 10.1 Å². The van der Waals surface area contributed by atoms with Gasteiger partial charge in [0.1, 0.15) is 5.82 Å². The lowest BCUT2D eigenvalue weighted by atomic mass is 10.1. The maximum atomic E-state index is 13.0. The zero-order valence-electron chi connectivity index (χ0n) is 11.9. The smallest absolute Gasteiger partial charge is 0.303 e. The number of likely N-dealkylation sites (N-methyl/N-ethyl adjacent to an activating group) is 1. The van der Waals surface area contributed by atoms with Crippen molar-refractivity contribution < 1.29 is 24.0 Å². The molecule has 0 bridgehead atoms. The van der Waals surface area contributed by atoms with Gasteiger partial charge in [-0.1, -0.05) is 0 Å². The second-order valence-electron chi connectivity index (χ2n) is 4.55. The van der Waals surface area contributed by atoms with E-state index in [4.69, 9.17) is 5.11 Å². The van der Waals surface area contributed by atoms with E-state index in [1.54, 1.807) is 0 Å². The number of nitrogens with zero attached hydrogens (tertiary/aromatic N) is 2. The van der Waals surface area contributed by atoms with Gasteiger partial charge in [-0.3, -0.25) is 19.7 Å². The maximum Gasteiger partial charge on any atom is 0.303 e. The zero-order valence-corrected chi connectivity index (χ0v) is 11.9. The topological polar surface area (TPSA) is 101 Å². The van der Waals surface area contributed by atoms with Gasteiger partial charge in [0.15, 0.2) is 0 Å². The molecule has 0 fully saturated rings. The monoisotopic (exact) mass is 310 g/mol. The van der Waals surface area contributed by atoms with Gasteiger partial charge >= 0.3 is 5.97 Å². The summed E-state index contributed by atoms with van der Waals surface area (Å²) < 4.78 is 13.0. The number of nitro groups is 1. The highest BCUT2D eigenvalue weighted by molar-refractivity contribution is 5.92. The van der Waals surface area contributed by atoms with Crippen LogP contribution in [0, 0.1) is 15.9 Å². The third-order valence-electron chi connectivity index (χ3n) is 2.86. The summed E-state index contributed by atoms with van der Waals surface area (Å²) >= 11 is 0. The van der Waals surface area contributed by atoms with E-state index in [-0.39, 0.29) is 18.5 Å². The van der Waals surface area contributed by atoms with Crippen LogP contribution in [-0.2, 0) is 9.59 Å². The van der Waals surface area contributed by atoms with Crippen LogP contribution < -0.4 is 0 Å². The molecule has 0 aliphatic rings. The van der Waals surface area contributed by atoms with Gasteiger partial charge in [0.25, 0.3) is 5.69 Å². The van der Waals surface area contributed by atoms with Crippen LogP contribution in [0.2, 0.25) is 0 Å². The van der Waals surface area contributed by atoms with Gasteiger partial charge in [-0.05, 0) is 24.6 Å². The highest BCUT2D eigenvalue weighted by Gasteiger charge is 2.13. The molecule has 1 amide bonds. The van der Waals surface area contributed by atoms with Gasteiger partial charge in [-0.2, -0.15) is 0 Å². The van der Waals surface area contributed by atoms with Gasteiger partial charge in [0.2, 0.25) is 5.91 Å². The third-order valence-corrected chi connectivity index (χ3v) is 2.86. The molecule has 0 heterocycles. The minimum atomic E-state index is -0.946.